The Balaban J connectivity index is 1.18. The molecule has 4 aliphatic rings. The van der Waals surface area contributed by atoms with Crippen molar-refractivity contribution in [3.05, 3.63) is 107 Å². The SMILES string of the molecule is O=C1NC(CN2CCN(CCN3CCOCC3)CC2)(c2ccccc2)C(C(=O)NC(c2cccc(F)c2)C2CC2)c2ccccc21. The van der Waals surface area contributed by atoms with Crippen LogP contribution in [0.1, 0.15) is 51.8 Å². The molecule has 0 radical (unpaired) electrons. The van der Waals surface area contributed by atoms with Crippen LogP contribution in [0.15, 0.2) is 78.9 Å². The Labute approximate surface area is 270 Å². The fourth-order valence-corrected chi connectivity index (χ4v) is 7.60. The predicted molar refractivity (Wildman–Crippen MR) is 175 cm³/mol. The second-order valence-corrected chi connectivity index (χ2v) is 13.3. The van der Waals surface area contributed by atoms with Crippen molar-refractivity contribution in [3.8, 4) is 0 Å². The van der Waals surface area contributed by atoms with Gasteiger partial charge in [-0.05, 0) is 53.6 Å². The van der Waals surface area contributed by atoms with Crippen molar-refractivity contribution < 1.29 is 18.7 Å². The van der Waals surface area contributed by atoms with Crippen LogP contribution in [0.2, 0.25) is 0 Å². The summed E-state index contributed by atoms with van der Waals surface area (Å²) in [5.41, 5.74) is 1.94. The van der Waals surface area contributed by atoms with Gasteiger partial charge in [-0.25, -0.2) is 4.39 Å². The number of rotatable bonds is 10. The molecule has 3 atom stereocenters. The molecule has 2 saturated heterocycles. The van der Waals surface area contributed by atoms with E-state index in [2.05, 4.69) is 25.3 Å². The largest absolute Gasteiger partial charge is 0.379 e. The molecule has 2 amide bonds. The van der Waals surface area contributed by atoms with Crippen molar-refractivity contribution in [1.82, 2.24) is 25.3 Å². The zero-order valence-corrected chi connectivity index (χ0v) is 26.4. The van der Waals surface area contributed by atoms with Gasteiger partial charge in [0.1, 0.15) is 5.82 Å². The summed E-state index contributed by atoms with van der Waals surface area (Å²) in [6.07, 6.45) is 1.97. The standard InChI is InChI=1S/C37H44FN5O3/c38-30-10-6-7-28(25-30)34(27-13-14-27)39-36(45)33-31-11-4-5-12-32(31)35(44)40-37(33,29-8-2-1-3-9-29)26-43-19-17-41(18-20-43)15-16-42-21-23-46-24-22-42/h1-12,25,27,33-34H,13-24,26H2,(H,39,45)(H,40,44). The number of ether oxygens (including phenoxy) is 1. The van der Waals surface area contributed by atoms with Gasteiger partial charge < -0.3 is 15.4 Å². The first-order chi connectivity index (χ1) is 22.5. The third kappa shape index (κ3) is 6.60. The second kappa shape index (κ2) is 13.6. The number of nitrogens with one attached hydrogen (secondary N) is 2. The maximum absolute atomic E-state index is 14.8. The zero-order valence-electron chi connectivity index (χ0n) is 26.4. The predicted octanol–water partition coefficient (Wildman–Crippen LogP) is 3.77. The highest BCUT2D eigenvalue weighted by molar-refractivity contribution is 6.02. The summed E-state index contributed by atoms with van der Waals surface area (Å²) < 4.78 is 19.8. The second-order valence-electron chi connectivity index (χ2n) is 13.3. The summed E-state index contributed by atoms with van der Waals surface area (Å²) >= 11 is 0. The number of morpholine rings is 1. The van der Waals surface area contributed by atoms with Crippen LogP contribution < -0.4 is 10.6 Å². The number of benzene rings is 3. The smallest absolute Gasteiger partial charge is 0.252 e. The van der Waals surface area contributed by atoms with Crippen LogP contribution in [0.25, 0.3) is 0 Å². The van der Waals surface area contributed by atoms with Gasteiger partial charge in [-0.3, -0.25) is 24.3 Å². The quantitative estimate of drug-likeness (QED) is 0.358. The number of halogens is 1. The number of piperazine rings is 1. The molecule has 0 aromatic heterocycles. The number of nitrogens with zero attached hydrogens (tertiary/aromatic N) is 3. The lowest BCUT2D eigenvalue weighted by Crippen LogP contribution is -2.64. The molecule has 3 unspecified atom stereocenters. The van der Waals surface area contributed by atoms with E-state index < -0.39 is 11.5 Å². The Bertz CT molecular complexity index is 1520. The molecule has 3 aromatic carbocycles. The van der Waals surface area contributed by atoms with Crippen molar-refractivity contribution in [2.45, 2.75) is 30.3 Å². The fourth-order valence-electron chi connectivity index (χ4n) is 7.60. The summed E-state index contributed by atoms with van der Waals surface area (Å²) in [4.78, 5) is 36.0. The monoisotopic (exact) mass is 625 g/mol. The molecule has 7 rings (SSSR count). The van der Waals surface area contributed by atoms with E-state index in [-0.39, 0.29) is 29.6 Å². The minimum absolute atomic E-state index is 0.151. The Morgan fingerprint density at radius 1 is 0.870 bits per heavy atom. The van der Waals surface area contributed by atoms with Crippen molar-refractivity contribution >= 4 is 11.8 Å². The molecule has 1 saturated carbocycles. The molecule has 46 heavy (non-hydrogen) atoms. The summed E-state index contributed by atoms with van der Waals surface area (Å²) in [7, 11) is 0. The third-order valence-electron chi connectivity index (χ3n) is 10.3. The summed E-state index contributed by atoms with van der Waals surface area (Å²) in [6, 6.07) is 23.7. The molecule has 9 heteroatoms. The number of hydrogen-bond acceptors (Lipinski definition) is 6. The van der Waals surface area contributed by atoms with E-state index >= 15 is 0 Å². The molecular weight excluding hydrogens is 581 g/mol. The van der Waals surface area contributed by atoms with Gasteiger partial charge >= 0.3 is 0 Å². The van der Waals surface area contributed by atoms with Crippen molar-refractivity contribution in [1.29, 1.82) is 0 Å². The molecule has 242 valence electrons. The maximum Gasteiger partial charge on any atom is 0.252 e. The van der Waals surface area contributed by atoms with Crippen LogP contribution in [0, 0.1) is 11.7 Å². The van der Waals surface area contributed by atoms with Crippen LogP contribution in [-0.2, 0) is 15.1 Å². The molecule has 8 nitrogen and oxygen atoms in total. The molecule has 3 fully saturated rings. The topological polar surface area (TPSA) is 77.2 Å². The maximum atomic E-state index is 14.8. The minimum Gasteiger partial charge on any atom is -0.379 e. The van der Waals surface area contributed by atoms with Crippen LogP contribution in [-0.4, -0.2) is 98.6 Å². The lowest BCUT2D eigenvalue weighted by molar-refractivity contribution is -0.126. The van der Waals surface area contributed by atoms with Crippen molar-refractivity contribution in [2.75, 3.05) is 72.1 Å². The number of carbonyl (C=O) groups is 2. The Hall–Kier alpha value is -3.63. The highest BCUT2D eigenvalue weighted by Gasteiger charge is 2.52. The summed E-state index contributed by atoms with van der Waals surface area (Å²) in [5, 5.41) is 6.76. The van der Waals surface area contributed by atoms with E-state index in [1.165, 1.54) is 12.1 Å². The highest BCUT2D eigenvalue weighted by Crippen LogP contribution is 2.46. The lowest BCUT2D eigenvalue weighted by Gasteiger charge is -2.49. The first kappa shape index (κ1) is 31.0. The van der Waals surface area contributed by atoms with Gasteiger partial charge in [-0.2, -0.15) is 0 Å². The first-order valence-electron chi connectivity index (χ1n) is 16.8. The summed E-state index contributed by atoms with van der Waals surface area (Å²) in [5.74, 6) is -1.05. The van der Waals surface area contributed by atoms with Gasteiger partial charge in [0.15, 0.2) is 0 Å². The van der Waals surface area contributed by atoms with Crippen molar-refractivity contribution in [3.63, 3.8) is 0 Å². The number of hydrogen-bond donors (Lipinski definition) is 2. The Morgan fingerprint density at radius 2 is 1.54 bits per heavy atom. The average molecular weight is 626 g/mol. The van der Waals surface area contributed by atoms with Gasteiger partial charge in [0.2, 0.25) is 5.91 Å². The Morgan fingerprint density at radius 3 is 2.26 bits per heavy atom. The van der Waals surface area contributed by atoms with Gasteiger partial charge in [0.25, 0.3) is 5.91 Å². The molecule has 0 bridgehead atoms. The highest BCUT2D eigenvalue weighted by atomic mass is 19.1. The van der Waals surface area contributed by atoms with Crippen LogP contribution in [0.4, 0.5) is 4.39 Å². The van der Waals surface area contributed by atoms with Gasteiger partial charge in [-0.15, -0.1) is 0 Å². The van der Waals surface area contributed by atoms with E-state index in [0.29, 0.717) is 12.1 Å². The Kier molecular flexibility index (Phi) is 9.17. The lowest BCUT2D eigenvalue weighted by atomic mass is 9.69. The minimum atomic E-state index is -0.997. The normalized spacial score (nSPS) is 25.0. The van der Waals surface area contributed by atoms with E-state index in [0.717, 1.165) is 95.1 Å². The molecule has 3 aliphatic heterocycles. The molecule has 3 aromatic rings. The van der Waals surface area contributed by atoms with E-state index in [9.17, 15) is 14.0 Å². The third-order valence-corrected chi connectivity index (χ3v) is 10.3. The van der Waals surface area contributed by atoms with Gasteiger partial charge in [0, 0.05) is 64.5 Å². The van der Waals surface area contributed by atoms with Gasteiger partial charge in [-0.1, -0.05) is 60.7 Å². The molecule has 2 N–H and O–H groups in total. The van der Waals surface area contributed by atoms with Crippen molar-refractivity contribution in [2.24, 2.45) is 5.92 Å². The van der Waals surface area contributed by atoms with E-state index in [4.69, 9.17) is 4.74 Å². The van der Waals surface area contributed by atoms with Crippen LogP contribution in [0.5, 0.6) is 0 Å². The first-order valence-corrected chi connectivity index (χ1v) is 16.8. The zero-order chi connectivity index (χ0) is 31.5. The van der Waals surface area contributed by atoms with Gasteiger partial charge in [0.05, 0.1) is 30.7 Å². The summed E-state index contributed by atoms with van der Waals surface area (Å²) in [6.45, 7) is 9.71. The number of fused-ring (bicyclic) bond motifs is 1. The van der Waals surface area contributed by atoms with Crippen LogP contribution >= 0.6 is 0 Å². The number of amides is 2. The fraction of sp³-hybridized carbons (Fsp3) is 0.459. The van der Waals surface area contributed by atoms with E-state index in [1.54, 1.807) is 12.1 Å². The average Bonchev–Trinajstić information content (AvgIpc) is 3.93. The van der Waals surface area contributed by atoms with Crippen LogP contribution in [0.3, 0.4) is 0 Å². The molecule has 1 aliphatic carbocycles. The molecule has 0 spiro atoms. The molecule has 3 heterocycles. The van der Waals surface area contributed by atoms with E-state index in [1.807, 2.05) is 54.6 Å². The molecular formula is C37H44FN5O3. The number of carbonyl (C=O) groups excluding carboxylic acids is 2.